The van der Waals surface area contributed by atoms with Gasteiger partial charge in [0.05, 0.1) is 6.10 Å². The first-order valence-corrected chi connectivity index (χ1v) is 4.51. The van der Waals surface area contributed by atoms with Crippen molar-refractivity contribution in [2.45, 2.75) is 45.6 Å². The first kappa shape index (κ1) is 11.8. The monoisotopic (exact) mass is 212 g/mol. The molecule has 0 spiro atoms. The van der Waals surface area contributed by atoms with Crippen molar-refractivity contribution in [3.63, 3.8) is 0 Å². The summed E-state index contributed by atoms with van der Waals surface area (Å²) in [7, 11) is 0. The highest BCUT2D eigenvalue weighted by molar-refractivity contribution is 4.82. The highest BCUT2D eigenvalue weighted by Crippen LogP contribution is 2.35. The fraction of sp³-hybridized carbons (Fsp3) is 1.00. The Balaban J connectivity index is 2.61. The molecule has 0 aromatic carbocycles. The molecule has 1 aliphatic rings. The number of rotatable bonds is 0. The van der Waals surface area contributed by atoms with Crippen LogP contribution in [0.2, 0.25) is 0 Å². The van der Waals surface area contributed by atoms with Gasteiger partial charge in [0.25, 0.3) is 0 Å². The molecule has 14 heavy (non-hydrogen) atoms. The third-order valence-electron chi connectivity index (χ3n) is 2.30. The number of hydrogen-bond acceptors (Lipinski definition) is 2. The second-order valence-corrected chi connectivity index (χ2v) is 4.57. The van der Waals surface area contributed by atoms with E-state index in [0.29, 0.717) is 0 Å². The van der Waals surface area contributed by atoms with Crippen molar-refractivity contribution in [1.29, 1.82) is 0 Å². The Morgan fingerprint density at radius 2 is 1.50 bits per heavy atom. The zero-order valence-corrected chi connectivity index (χ0v) is 8.52. The van der Waals surface area contributed by atoms with Crippen molar-refractivity contribution < 1.29 is 22.6 Å². The largest absolute Gasteiger partial charge is 0.414 e. The van der Waals surface area contributed by atoms with Crippen molar-refractivity contribution in [3.05, 3.63) is 0 Å². The molecule has 0 aromatic rings. The second kappa shape index (κ2) is 3.70. The summed E-state index contributed by atoms with van der Waals surface area (Å²) in [6.07, 6.45) is -6.48. The molecule has 0 aliphatic carbocycles. The molecule has 0 amide bonds. The maximum absolute atomic E-state index is 12.3. The quantitative estimate of drug-likeness (QED) is 0.614. The van der Waals surface area contributed by atoms with E-state index in [9.17, 15) is 13.2 Å². The van der Waals surface area contributed by atoms with Gasteiger partial charge in [0.1, 0.15) is 6.79 Å². The number of hydrogen-bond donors (Lipinski definition) is 0. The van der Waals surface area contributed by atoms with Gasteiger partial charge < -0.3 is 9.47 Å². The molecule has 5 heteroatoms. The Hall–Kier alpha value is -0.290. The summed E-state index contributed by atoms with van der Waals surface area (Å²) >= 11 is 0. The molecule has 1 aliphatic heterocycles. The van der Waals surface area contributed by atoms with Gasteiger partial charge in [-0.05, 0) is 5.41 Å². The lowest BCUT2D eigenvalue weighted by Gasteiger charge is -2.37. The molecule has 1 rings (SSSR count). The third-order valence-corrected chi connectivity index (χ3v) is 2.30. The van der Waals surface area contributed by atoms with Crippen molar-refractivity contribution in [2.75, 3.05) is 6.79 Å². The summed E-state index contributed by atoms with van der Waals surface area (Å²) in [4.78, 5) is 0. The van der Waals surface area contributed by atoms with Crippen LogP contribution in [-0.4, -0.2) is 25.2 Å². The molecular formula is C9H15F3O2. The van der Waals surface area contributed by atoms with Crippen LogP contribution < -0.4 is 0 Å². The van der Waals surface area contributed by atoms with Gasteiger partial charge in [0, 0.05) is 6.42 Å². The molecule has 0 N–H and O–H groups in total. The van der Waals surface area contributed by atoms with E-state index in [4.69, 9.17) is 4.74 Å². The molecule has 0 aromatic heterocycles. The van der Waals surface area contributed by atoms with Crippen LogP contribution in [0.25, 0.3) is 0 Å². The predicted molar refractivity (Wildman–Crippen MR) is 44.7 cm³/mol. The normalized spacial score (nSPS) is 30.4. The van der Waals surface area contributed by atoms with Gasteiger partial charge in [-0.3, -0.25) is 0 Å². The topological polar surface area (TPSA) is 18.5 Å². The number of alkyl halides is 3. The Bertz CT molecular complexity index is 175. The maximum Gasteiger partial charge on any atom is 0.414 e. The van der Waals surface area contributed by atoms with Crippen LogP contribution in [0.4, 0.5) is 13.2 Å². The number of halogens is 3. The van der Waals surface area contributed by atoms with Crippen LogP contribution in [0.5, 0.6) is 0 Å². The van der Waals surface area contributed by atoms with E-state index in [1.807, 2.05) is 20.8 Å². The van der Waals surface area contributed by atoms with Crippen molar-refractivity contribution in [2.24, 2.45) is 5.41 Å². The van der Waals surface area contributed by atoms with Gasteiger partial charge in [0.15, 0.2) is 6.10 Å². The minimum Gasteiger partial charge on any atom is -0.352 e. The highest BCUT2D eigenvalue weighted by Gasteiger charge is 2.46. The van der Waals surface area contributed by atoms with E-state index in [2.05, 4.69) is 4.74 Å². The van der Waals surface area contributed by atoms with E-state index in [0.717, 1.165) is 0 Å². The lowest BCUT2D eigenvalue weighted by Crippen LogP contribution is -2.45. The van der Waals surface area contributed by atoms with Gasteiger partial charge in [-0.1, -0.05) is 20.8 Å². The van der Waals surface area contributed by atoms with Crippen LogP contribution in [0, 0.1) is 5.41 Å². The van der Waals surface area contributed by atoms with Crippen LogP contribution >= 0.6 is 0 Å². The van der Waals surface area contributed by atoms with Crippen LogP contribution in [0.1, 0.15) is 27.2 Å². The van der Waals surface area contributed by atoms with Crippen molar-refractivity contribution >= 4 is 0 Å². The summed E-state index contributed by atoms with van der Waals surface area (Å²) < 4.78 is 46.6. The van der Waals surface area contributed by atoms with Gasteiger partial charge in [-0.25, -0.2) is 0 Å². The fourth-order valence-corrected chi connectivity index (χ4v) is 1.37. The molecule has 0 saturated carbocycles. The summed E-state index contributed by atoms with van der Waals surface area (Å²) in [6, 6.07) is 0. The molecule has 0 radical (unpaired) electrons. The molecule has 0 unspecified atom stereocenters. The third kappa shape index (κ3) is 2.85. The van der Waals surface area contributed by atoms with E-state index in [-0.39, 0.29) is 18.6 Å². The zero-order chi connectivity index (χ0) is 11.0. The van der Waals surface area contributed by atoms with Crippen LogP contribution in [-0.2, 0) is 9.47 Å². The molecule has 84 valence electrons. The molecule has 2 atom stereocenters. The molecule has 2 nitrogen and oxygen atoms in total. The van der Waals surface area contributed by atoms with Gasteiger partial charge in [-0.2, -0.15) is 13.2 Å². The summed E-state index contributed by atoms with van der Waals surface area (Å²) in [5.41, 5.74) is -0.284. The van der Waals surface area contributed by atoms with E-state index >= 15 is 0 Å². The predicted octanol–water partition coefficient (Wildman–Crippen LogP) is 2.73. The molecule has 1 fully saturated rings. The fourth-order valence-electron chi connectivity index (χ4n) is 1.37. The molecule has 0 bridgehead atoms. The Morgan fingerprint density at radius 1 is 1.00 bits per heavy atom. The van der Waals surface area contributed by atoms with Crippen LogP contribution in [0.15, 0.2) is 0 Å². The minimum atomic E-state index is -4.28. The SMILES string of the molecule is CC(C)(C)[C@@H]1C[C@@H](C(F)(F)F)OCO1. The maximum atomic E-state index is 12.3. The first-order chi connectivity index (χ1) is 6.21. The van der Waals surface area contributed by atoms with Gasteiger partial charge in [-0.15, -0.1) is 0 Å². The van der Waals surface area contributed by atoms with Crippen molar-refractivity contribution in [3.8, 4) is 0 Å². The molecule has 1 heterocycles. The second-order valence-electron chi connectivity index (χ2n) is 4.57. The zero-order valence-electron chi connectivity index (χ0n) is 8.52. The summed E-state index contributed by atoms with van der Waals surface area (Å²) in [5.74, 6) is 0. The average molecular weight is 212 g/mol. The van der Waals surface area contributed by atoms with E-state index in [1.165, 1.54) is 0 Å². The lowest BCUT2D eigenvalue weighted by molar-refractivity contribution is -0.291. The minimum absolute atomic E-state index is 0.118. The summed E-state index contributed by atoms with van der Waals surface area (Å²) in [6.45, 7) is 5.30. The van der Waals surface area contributed by atoms with E-state index in [1.54, 1.807) is 0 Å². The van der Waals surface area contributed by atoms with Crippen LogP contribution in [0.3, 0.4) is 0 Å². The van der Waals surface area contributed by atoms with Crippen molar-refractivity contribution in [1.82, 2.24) is 0 Å². The Morgan fingerprint density at radius 3 is 1.93 bits per heavy atom. The van der Waals surface area contributed by atoms with Gasteiger partial charge >= 0.3 is 6.18 Å². The van der Waals surface area contributed by atoms with E-state index < -0.39 is 18.4 Å². The number of ether oxygens (including phenoxy) is 2. The average Bonchev–Trinajstić information content (AvgIpc) is 2.01. The highest BCUT2D eigenvalue weighted by atomic mass is 19.4. The summed E-state index contributed by atoms with van der Waals surface area (Å²) in [5, 5.41) is 0. The molecule has 1 saturated heterocycles. The Labute approximate surface area is 81.4 Å². The van der Waals surface area contributed by atoms with Gasteiger partial charge in [0.2, 0.25) is 0 Å². The first-order valence-electron chi connectivity index (χ1n) is 4.51. The Kier molecular flexibility index (Phi) is 3.11. The lowest BCUT2D eigenvalue weighted by atomic mass is 9.85. The molecular weight excluding hydrogens is 197 g/mol. The standard InChI is InChI=1S/C9H15F3O2/c1-8(2,3)6-4-7(9(10,11)12)14-5-13-6/h6-7H,4-5H2,1-3H3/t6-,7-/m0/s1. The smallest absolute Gasteiger partial charge is 0.352 e.